The van der Waals surface area contributed by atoms with Crippen molar-refractivity contribution >= 4 is 49.0 Å². The molecule has 7 aromatic carbocycles. The fourth-order valence-corrected chi connectivity index (χ4v) is 7.60. The Hall–Kier alpha value is -6.45. The highest BCUT2D eigenvalue weighted by Gasteiger charge is 2.24. The summed E-state index contributed by atoms with van der Waals surface area (Å²) in [6, 6.07) is 63.0. The topological polar surface area (TPSA) is 22.2 Å². The number of hydrogen-bond acceptors (Lipinski definition) is 1. The lowest BCUT2D eigenvalue weighted by Gasteiger charge is -2.15. The van der Waals surface area contributed by atoms with Gasteiger partial charge in [0.1, 0.15) is 5.82 Å². The largest absolute Gasteiger partial charge is 0.309 e. The molecule has 10 rings (SSSR count). The van der Waals surface area contributed by atoms with Crippen molar-refractivity contribution in [3.05, 3.63) is 176 Å². The summed E-state index contributed by atoms with van der Waals surface area (Å²) in [7, 11) is 0. The second-order valence-electron chi connectivity index (χ2n) is 12.4. The number of para-hydroxylation sites is 2. The number of fused-ring (bicyclic) bond motifs is 10. The summed E-state index contributed by atoms with van der Waals surface area (Å²) in [6.07, 6.45) is 0. The van der Waals surface area contributed by atoms with E-state index in [0.717, 1.165) is 33.8 Å². The number of imidazole rings is 1. The Kier molecular flexibility index (Phi) is 5.87. The molecule has 0 N–H and O–H groups in total. The first-order valence-electron chi connectivity index (χ1n) is 16.4. The van der Waals surface area contributed by atoms with Gasteiger partial charge in [0, 0.05) is 38.4 Å². The fourth-order valence-electron chi connectivity index (χ4n) is 7.60. The van der Waals surface area contributed by atoms with Crippen LogP contribution in [0.5, 0.6) is 0 Å². The smallest absolute Gasteiger partial charge is 0.145 e. The van der Waals surface area contributed by atoms with E-state index in [4.69, 9.17) is 4.98 Å². The molecule has 3 heteroatoms. The molecule has 10 aromatic rings. The first kappa shape index (κ1) is 26.7. The molecule has 0 aliphatic heterocycles. The van der Waals surface area contributed by atoms with Crippen molar-refractivity contribution < 1.29 is 0 Å². The van der Waals surface area contributed by atoms with Crippen molar-refractivity contribution in [3.8, 4) is 39.5 Å². The molecule has 3 aromatic heterocycles. The van der Waals surface area contributed by atoms with Crippen LogP contribution in [-0.2, 0) is 0 Å². The van der Waals surface area contributed by atoms with Gasteiger partial charge in [0.05, 0.1) is 27.8 Å². The third-order valence-electron chi connectivity index (χ3n) is 9.68. The van der Waals surface area contributed by atoms with E-state index < -0.39 is 0 Å². The minimum absolute atomic E-state index is 0.936. The Bertz CT molecular complexity index is 2800. The summed E-state index contributed by atoms with van der Waals surface area (Å²) in [4.78, 5) is 5.54. The van der Waals surface area contributed by atoms with Crippen LogP contribution in [0.1, 0.15) is 0 Å². The molecule has 0 saturated heterocycles. The van der Waals surface area contributed by atoms with Crippen LogP contribution >= 0.6 is 0 Å². The predicted molar refractivity (Wildman–Crippen MR) is 201 cm³/mol. The molecule has 3 nitrogen and oxygen atoms in total. The Morgan fingerprint density at radius 3 is 1.71 bits per heavy atom. The summed E-state index contributed by atoms with van der Waals surface area (Å²) in [5.41, 5.74) is 11.3. The summed E-state index contributed by atoms with van der Waals surface area (Å²) in [6.45, 7) is 0. The zero-order valence-corrected chi connectivity index (χ0v) is 26.1. The maximum Gasteiger partial charge on any atom is 0.145 e. The Morgan fingerprint density at radius 2 is 0.979 bits per heavy atom. The van der Waals surface area contributed by atoms with Gasteiger partial charge in [-0.1, -0.05) is 146 Å². The zero-order chi connectivity index (χ0) is 31.6. The lowest BCUT2D eigenvalue weighted by atomic mass is 9.96. The number of hydrogen-bond donors (Lipinski definition) is 0. The average molecular weight is 612 g/mol. The molecule has 0 radical (unpaired) electrons. The van der Waals surface area contributed by atoms with Gasteiger partial charge in [-0.15, -0.1) is 0 Å². The molecule has 0 amide bonds. The van der Waals surface area contributed by atoms with Crippen LogP contribution < -0.4 is 0 Å². The molecule has 0 unspecified atom stereocenters. The number of nitrogens with zero attached hydrogens (tertiary/aromatic N) is 3. The highest BCUT2D eigenvalue weighted by atomic mass is 15.0. The van der Waals surface area contributed by atoms with Gasteiger partial charge in [-0.25, -0.2) is 4.98 Å². The molecule has 0 atom stereocenters. The first-order chi connectivity index (χ1) is 23.8. The second kappa shape index (κ2) is 10.5. The van der Waals surface area contributed by atoms with Crippen LogP contribution in [0.4, 0.5) is 0 Å². The normalized spacial score (nSPS) is 11.8. The monoisotopic (exact) mass is 611 g/mol. The number of aromatic nitrogens is 3. The molecule has 0 bridgehead atoms. The van der Waals surface area contributed by atoms with Crippen LogP contribution in [0.15, 0.2) is 176 Å². The van der Waals surface area contributed by atoms with Gasteiger partial charge in [-0.2, -0.15) is 0 Å². The standard InChI is InChI=1S/C45H29N3/c1-5-15-30(16-6-1)33-25-26-35-36-27-28-40-41(37-23-13-14-24-39(37)47(40)34-21-11-4-12-22-34)43(36)48-44(38(35)29-33)42(31-17-7-2-8-18-31)46-45(48)32-19-9-3-10-20-32/h1-29H. The lowest BCUT2D eigenvalue weighted by Crippen LogP contribution is -1.97. The van der Waals surface area contributed by atoms with E-state index in [1.165, 1.54) is 54.6 Å². The summed E-state index contributed by atoms with van der Waals surface area (Å²) in [5.74, 6) is 0.936. The van der Waals surface area contributed by atoms with Crippen molar-refractivity contribution in [2.75, 3.05) is 0 Å². The SMILES string of the molecule is c1ccc(-c2ccc3c(c2)c2c(-c4ccccc4)nc(-c4ccccc4)n2c2c3ccc3c2c2ccccc2n3-c2ccccc2)cc1. The molecular formula is C45H29N3. The van der Waals surface area contributed by atoms with Crippen molar-refractivity contribution in [2.45, 2.75) is 0 Å². The van der Waals surface area contributed by atoms with Gasteiger partial charge in [-0.05, 0) is 46.8 Å². The predicted octanol–water partition coefficient (Wildman–Crippen LogP) is 11.7. The maximum atomic E-state index is 5.54. The van der Waals surface area contributed by atoms with Crippen molar-refractivity contribution in [3.63, 3.8) is 0 Å². The quantitative estimate of drug-likeness (QED) is 0.182. The lowest BCUT2D eigenvalue weighted by molar-refractivity contribution is 1.18. The van der Waals surface area contributed by atoms with Gasteiger partial charge < -0.3 is 4.57 Å². The zero-order valence-electron chi connectivity index (χ0n) is 26.1. The summed E-state index contributed by atoms with van der Waals surface area (Å²) in [5, 5.41) is 6.04. The Morgan fingerprint density at radius 1 is 0.375 bits per heavy atom. The van der Waals surface area contributed by atoms with Crippen LogP contribution in [0.3, 0.4) is 0 Å². The molecule has 48 heavy (non-hydrogen) atoms. The van der Waals surface area contributed by atoms with Crippen LogP contribution in [0, 0.1) is 0 Å². The third kappa shape index (κ3) is 3.91. The maximum absolute atomic E-state index is 5.54. The first-order valence-corrected chi connectivity index (χ1v) is 16.4. The van der Waals surface area contributed by atoms with Gasteiger partial charge in [-0.3, -0.25) is 4.40 Å². The third-order valence-corrected chi connectivity index (χ3v) is 9.68. The second-order valence-corrected chi connectivity index (χ2v) is 12.4. The van der Waals surface area contributed by atoms with Gasteiger partial charge >= 0.3 is 0 Å². The van der Waals surface area contributed by atoms with Crippen molar-refractivity contribution in [1.29, 1.82) is 0 Å². The van der Waals surface area contributed by atoms with E-state index in [1.807, 2.05) is 0 Å². The Balaban J connectivity index is 1.48. The van der Waals surface area contributed by atoms with E-state index in [2.05, 4.69) is 185 Å². The number of rotatable bonds is 4. The van der Waals surface area contributed by atoms with E-state index >= 15 is 0 Å². The molecule has 3 heterocycles. The van der Waals surface area contributed by atoms with E-state index in [9.17, 15) is 0 Å². The van der Waals surface area contributed by atoms with Crippen LogP contribution in [0.25, 0.3) is 88.5 Å². The summed E-state index contributed by atoms with van der Waals surface area (Å²) >= 11 is 0. The van der Waals surface area contributed by atoms with Crippen LogP contribution in [0.2, 0.25) is 0 Å². The summed E-state index contributed by atoms with van der Waals surface area (Å²) < 4.78 is 4.85. The molecule has 224 valence electrons. The molecule has 0 aliphatic carbocycles. The van der Waals surface area contributed by atoms with Gasteiger partial charge in [0.2, 0.25) is 0 Å². The van der Waals surface area contributed by atoms with E-state index in [0.29, 0.717) is 0 Å². The van der Waals surface area contributed by atoms with Crippen molar-refractivity contribution in [1.82, 2.24) is 14.0 Å². The minimum Gasteiger partial charge on any atom is -0.309 e. The average Bonchev–Trinajstić information content (AvgIpc) is 3.73. The highest BCUT2D eigenvalue weighted by Crippen LogP contribution is 2.44. The van der Waals surface area contributed by atoms with Gasteiger partial charge in [0.25, 0.3) is 0 Å². The molecule has 0 spiro atoms. The fraction of sp³-hybridized carbons (Fsp3) is 0. The van der Waals surface area contributed by atoms with Gasteiger partial charge in [0.15, 0.2) is 0 Å². The Labute approximate surface area is 277 Å². The van der Waals surface area contributed by atoms with E-state index in [-0.39, 0.29) is 0 Å². The highest BCUT2D eigenvalue weighted by molar-refractivity contribution is 6.27. The van der Waals surface area contributed by atoms with Crippen molar-refractivity contribution in [2.24, 2.45) is 0 Å². The number of pyridine rings is 1. The molecule has 0 fully saturated rings. The minimum atomic E-state index is 0.936. The molecule has 0 aliphatic rings. The number of benzene rings is 7. The van der Waals surface area contributed by atoms with E-state index in [1.54, 1.807) is 0 Å². The van der Waals surface area contributed by atoms with Crippen LogP contribution in [-0.4, -0.2) is 14.0 Å². The molecule has 0 saturated carbocycles. The molecular weight excluding hydrogens is 583 g/mol.